The van der Waals surface area contributed by atoms with E-state index in [4.69, 9.17) is 0 Å². The average molecular weight is 451 g/mol. The Labute approximate surface area is 187 Å². The molecule has 1 aliphatic heterocycles. The average Bonchev–Trinajstić information content (AvgIpc) is 2.77. The van der Waals surface area contributed by atoms with Gasteiger partial charge in [-0.3, -0.25) is 19.7 Å². The molecule has 0 aliphatic carbocycles. The van der Waals surface area contributed by atoms with Gasteiger partial charge in [0.05, 0.1) is 33.3 Å². The first kappa shape index (κ1) is 22.9. The molecule has 2 aromatic carbocycles. The van der Waals surface area contributed by atoms with Crippen LogP contribution < -0.4 is 5.32 Å². The summed E-state index contributed by atoms with van der Waals surface area (Å²) in [4.78, 5) is 35.6. The maximum atomic E-state index is 13.1. The number of dihydropyridines is 1. The standard InChI is InChI=1S/C23H18FN3O4S/c1-13-21(14(2)28)22(16-4-3-5-18(10-16)27(30)31)19(11-25)23(26-13)32-12-20(29)15-6-8-17(24)9-7-15/h3-10,22,26H,12H2,1-2H3/t22-/m0/s1. The molecule has 0 unspecified atom stereocenters. The summed E-state index contributed by atoms with van der Waals surface area (Å²) in [7, 11) is 0. The molecule has 32 heavy (non-hydrogen) atoms. The number of nitriles is 1. The lowest BCUT2D eigenvalue weighted by molar-refractivity contribution is -0.384. The molecule has 0 saturated heterocycles. The fourth-order valence-electron chi connectivity index (χ4n) is 3.50. The number of nitro groups is 1. The summed E-state index contributed by atoms with van der Waals surface area (Å²) in [5.41, 5.74) is 1.64. The minimum atomic E-state index is -0.804. The monoisotopic (exact) mass is 451 g/mol. The Morgan fingerprint density at radius 2 is 1.94 bits per heavy atom. The van der Waals surface area contributed by atoms with Crippen LogP contribution in [0.3, 0.4) is 0 Å². The van der Waals surface area contributed by atoms with Gasteiger partial charge < -0.3 is 5.32 Å². The van der Waals surface area contributed by atoms with E-state index in [0.717, 1.165) is 11.8 Å². The van der Waals surface area contributed by atoms with E-state index in [1.54, 1.807) is 13.0 Å². The Hall–Kier alpha value is -3.77. The molecule has 162 valence electrons. The first-order valence-electron chi connectivity index (χ1n) is 9.51. The smallest absolute Gasteiger partial charge is 0.269 e. The number of carbonyl (C=O) groups is 2. The largest absolute Gasteiger partial charge is 0.353 e. The Kier molecular flexibility index (Phi) is 6.85. The van der Waals surface area contributed by atoms with Gasteiger partial charge in [-0.25, -0.2) is 4.39 Å². The zero-order chi connectivity index (χ0) is 23.4. The van der Waals surface area contributed by atoms with E-state index in [2.05, 4.69) is 11.4 Å². The number of nitrogens with zero attached hydrogens (tertiary/aromatic N) is 2. The maximum absolute atomic E-state index is 13.1. The molecule has 0 amide bonds. The van der Waals surface area contributed by atoms with Crippen LogP contribution in [0, 0.1) is 27.3 Å². The highest BCUT2D eigenvalue weighted by Crippen LogP contribution is 2.41. The predicted octanol–water partition coefficient (Wildman–Crippen LogP) is 4.63. The summed E-state index contributed by atoms with van der Waals surface area (Å²) in [5.74, 6) is -1.81. The third-order valence-electron chi connectivity index (χ3n) is 4.95. The van der Waals surface area contributed by atoms with Crippen LogP contribution in [-0.4, -0.2) is 22.2 Å². The molecule has 7 nitrogen and oxygen atoms in total. The van der Waals surface area contributed by atoms with Crippen molar-refractivity contribution in [1.29, 1.82) is 5.26 Å². The molecule has 1 aliphatic rings. The first-order chi connectivity index (χ1) is 15.2. The van der Waals surface area contributed by atoms with Gasteiger partial charge in [0.15, 0.2) is 11.6 Å². The molecule has 2 aromatic rings. The zero-order valence-corrected chi connectivity index (χ0v) is 18.0. The molecular weight excluding hydrogens is 433 g/mol. The van der Waals surface area contributed by atoms with Crippen LogP contribution in [0.25, 0.3) is 0 Å². The van der Waals surface area contributed by atoms with Crippen molar-refractivity contribution in [3.8, 4) is 6.07 Å². The van der Waals surface area contributed by atoms with Crippen molar-refractivity contribution in [2.45, 2.75) is 19.8 Å². The van der Waals surface area contributed by atoms with Crippen LogP contribution in [-0.2, 0) is 4.79 Å². The lowest BCUT2D eigenvalue weighted by Gasteiger charge is -2.29. The van der Waals surface area contributed by atoms with E-state index in [0.29, 0.717) is 27.4 Å². The quantitative estimate of drug-likeness (QED) is 0.371. The van der Waals surface area contributed by atoms with Gasteiger partial charge in [0.2, 0.25) is 0 Å². The summed E-state index contributed by atoms with van der Waals surface area (Å²) in [5, 5.41) is 24.6. The molecule has 1 N–H and O–H groups in total. The number of nitrogens with one attached hydrogen (secondary N) is 1. The van der Waals surface area contributed by atoms with Gasteiger partial charge in [-0.05, 0) is 43.7 Å². The molecule has 0 radical (unpaired) electrons. The number of allylic oxidation sites excluding steroid dienone is 3. The molecule has 1 heterocycles. The van der Waals surface area contributed by atoms with E-state index < -0.39 is 16.7 Å². The topological polar surface area (TPSA) is 113 Å². The summed E-state index contributed by atoms with van der Waals surface area (Å²) in [6, 6.07) is 13.1. The number of ketones is 2. The first-order valence-corrected chi connectivity index (χ1v) is 10.5. The van der Waals surface area contributed by atoms with Crippen molar-refractivity contribution in [2.75, 3.05) is 5.75 Å². The molecule has 0 aromatic heterocycles. The molecular formula is C23H18FN3O4S. The van der Waals surface area contributed by atoms with Crippen molar-refractivity contribution in [1.82, 2.24) is 5.32 Å². The maximum Gasteiger partial charge on any atom is 0.269 e. The SMILES string of the molecule is CC(=O)C1=C(C)NC(SCC(=O)c2ccc(F)cc2)=C(C#N)[C@@H]1c1cccc([N+](=O)[O-])c1. The van der Waals surface area contributed by atoms with Gasteiger partial charge in [-0.2, -0.15) is 5.26 Å². The highest BCUT2D eigenvalue weighted by atomic mass is 32.2. The van der Waals surface area contributed by atoms with Gasteiger partial charge in [0.25, 0.3) is 5.69 Å². The van der Waals surface area contributed by atoms with Crippen molar-refractivity contribution >= 4 is 29.0 Å². The Balaban J connectivity index is 1.99. The van der Waals surface area contributed by atoms with Crippen molar-refractivity contribution < 1.29 is 18.9 Å². The lowest BCUT2D eigenvalue weighted by atomic mass is 9.81. The van der Waals surface area contributed by atoms with E-state index in [-0.39, 0.29) is 28.6 Å². The van der Waals surface area contributed by atoms with Gasteiger partial charge in [-0.1, -0.05) is 23.9 Å². The van der Waals surface area contributed by atoms with Crippen LogP contribution in [0.5, 0.6) is 0 Å². The number of non-ortho nitro benzene ring substituents is 1. The van der Waals surface area contributed by atoms with Crippen LogP contribution in [0.15, 0.2) is 70.4 Å². The Morgan fingerprint density at radius 1 is 1.25 bits per heavy atom. The minimum Gasteiger partial charge on any atom is -0.353 e. The number of rotatable bonds is 7. The minimum absolute atomic E-state index is 0.0243. The van der Waals surface area contributed by atoms with Crippen LogP contribution in [0.1, 0.15) is 35.7 Å². The highest BCUT2D eigenvalue weighted by Gasteiger charge is 2.34. The second-order valence-corrected chi connectivity index (χ2v) is 8.06. The summed E-state index contributed by atoms with van der Waals surface area (Å²) in [6.07, 6.45) is 0. The number of hydrogen-bond donors (Lipinski definition) is 1. The van der Waals surface area contributed by atoms with Crippen LogP contribution in [0.2, 0.25) is 0 Å². The normalized spacial score (nSPS) is 15.8. The van der Waals surface area contributed by atoms with Crippen molar-refractivity contribution in [2.24, 2.45) is 0 Å². The number of carbonyl (C=O) groups excluding carboxylic acids is 2. The van der Waals surface area contributed by atoms with Crippen LogP contribution >= 0.6 is 11.8 Å². The molecule has 0 fully saturated rings. The Bertz CT molecular complexity index is 1210. The summed E-state index contributed by atoms with van der Waals surface area (Å²) in [6.45, 7) is 3.05. The zero-order valence-electron chi connectivity index (χ0n) is 17.2. The number of Topliss-reactive ketones (excluding diaryl/α,β-unsaturated/α-hetero) is 2. The second-order valence-electron chi connectivity index (χ2n) is 7.08. The number of thioether (sulfide) groups is 1. The molecule has 0 saturated carbocycles. The van der Waals surface area contributed by atoms with E-state index in [1.807, 2.05) is 0 Å². The Morgan fingerprint density at radius 3 is 2.53 bits per heavy atom. The van der Waals surface area contributed by atoms with Crippen molar-refractivity contribution in [3.63, 3.8) is 0 Å². The number of benzene rings is 2. The van der Waals surface area contributed by atoms with E-state index >= 15 is 0 Å². The summed E-state index contributed by atoms with van der Waals surface area (Å²) < 4.78 is 13.1. The highest BCUT2D eigenvalue weighted by molar-refractivity contribution is 8.03. The molecule has 9 heteroatoms. The van der Waals surface area contributed by atoms with Crippen LogP contribution in [0.4, 0.5) is 10.1 Å². The number of halogens is 1. The van der Waals surface area contributed by atoms with Gasteiger partial charge in [-0.15, -0.1) is 0 Å². The van der Waals surface area contributed by atoms with E-state index in [9.17, 15) is 29.4 Å². The third-order valence-corrected chi connectivity index (χ3v) is 5.97. The van der Waals surface area contributed by atoms with E-state index in [1.165, 1.54) is 49.4 Å². The lowest BCUT2D eigenvalue weighted by Crippen LogP contribution is -2.27. The number of nitro benzene ring substituents is 1. The molecule has 3 rings (SSSR count). The van der Waals surface area contributed by atoms with Gasteiger partial charge in [0, 0.05) is 29.0 Å². The van der Waals surface area contributed by atoms with Crippen molar-refractivity contribution in [3.05, 3.63) is 97.5 Å². The predicted molar refractivity (Wildman–Crippen MR) is 118 cm³/mol. The molecule has 1 atom stereocenters. The second kappa shape index (κ2) is 9.58. The summed E-state index contributed by atoms with van der Waals surface area (Å²) >= 11 is 1.09. The third kappa shape index (κ3) is 4.76. The number of hydrogen-bond acceptors (Lipinski definition) is 7. The molecule has 0 bridgehead atoms. The van der Waals surface area contributed by atoms with Gasteiger partial charge in [0.1, 0.15) is 5.82 Å². The molecule has 0 spiro atoms. The fraction of sp³-hybridized carbons (Fsp3) is 0.174. The van der Waals surface area contributed by atoms with Gasteiger partial charge >= 0.3 is 0 Å². The fourth-order valence-corrected chi connectivity index (χ4v) is 4.49.